The molecule has 0 aliphatic heterocycles. The molecule has 64 heavy (non-hydrogen) atoms. The van der Waals surface area contributed by atoms with Crippen LogP contribution in [0.25, 0.3) is 64.7 Å². The Labute approximate surface area is 375 Å². The van der Waals surface area contributed by atoms with Crippen LogP contribution in [-0.2, 0) is 10.8 Å². The Kier molecular flexibility index (Phi) is 6.76. The molecule has 1 nitrogen and oxygen atoms in total. The topological polar surface area (TPSA) is 3.24 Å². The fourth-order valence-electron chi connectivity index (χ4n) is 12.7. The molecule has 11 aromatic rings. The summed E-state index contributed by atoms with van der Waals surface area (Å²) in [5.74, 6) is 0. The van der Waals surface area contributed by atoms with Gasteiger partial charge >= 0.3 is 0 Å². The Bertz CT molecular complexity index is 3510. The minimum absolute atomic E-state index is 0.447. The molecule has 0 unspecified atom stereocenters. The number of hydrogen-bond donors (Lipinski definition) is 0. The summed E-state index contributed by atoms with van der Waals surface area (Å²) in [6.45, 7) is 0. The third kappa shape index (κ3) is 4.16. The van der Waals surface area contributed by atoms with Crippen molar-refractivity contribution in [1.29, 1.82) is 0 Å². The molecule has 0 saturated heterocycles. The van der Waals surface area contributed by atoms with E-state index in [-0.39, 0.29) is 0 Å². The molecule has 4 aliphatic rings. The molecule has 1 heterocycles. The quantitative estimate of drug-likeness (QED) is 0.171. The van der Waals surface area contributed by atoms with Gasteiger partial charge < -0.3 is 4.90 Å². The summed E-state index contributed by atoms with van der Waals surface area (Å²) in [5, 5.41) is 2.61. The van der Waals surface area contributed by atoms with Crippen LogP contribution in [0.4, 0.5) is 17.1 Å². The maximum absolute atomic E-state index is 2.54. The molecule has 0 amide bonds. The molecule has 0 N–H and O–H groups in total. The highest BCUT2D eigenvalue weighted by Gasteiger charge is 2.53. The molecular weight excluding hydrogens is 791 g/mol. The van der Waals surface area contributed by atoms with Crippen LogP contribution in [0.2, 0.25) is 0 Å². The molecule has 0 atom stereocenters. The van der Waals surface area contributed by atoms with Crippen LogP contribution >= 0.6 is 11.3 Å². The van der Waals surface area contributed by atoms with Crippen LogP contribution in [0.3, 0.4) is 0 Å². The molecule has 0 saturated carbocycles. The molecule has 1 aromatic heterocycles. The fourth-order valence-corrected chi connectivity index (χ4v) is 13.9. The van der Waals surface area contributed by atoms with Crippen LogP contribution in [0.5, 0.6) is 0 Å². The van der Waals surface area contributed by atoms with Crippen molar-refractivity contribution in [3.8, 4) is 44.5 Å². The summed E-state index contributed by atoms with van der Waals surface area (Å²) in [4.78, 5) is 2.54. The predicted molar refractivity (Wildman–Crippen MR) is 267 cm³/mol. The van der Waals surface area contributed by atoms with E-state index in [2.05, 4.69) is 229 Å². The highest BCUT2D eigenvalue weighted by atomic mass is 32.1. The Balaban J connectivity index is 1.02. The Morgan fingerprint density at radius 1 is 0.250 bits per heavy atom. The number of rotatable bonds is 3. The lowest BCUT2D eigenvalue weighted by atomic mass is 9.70. The van der Waals surface area contributed by atoms with Crippen molar-refractivity contribution in [3.05, 3.63) is 269 Å². The maximum Gasteiger partial charge on any atom is 0.0726 e. The zero-order chi connectivity index (χ0) is 41.7. The van der Waals surface area contributed by atoms with Crippen molar-refractivity contribution in [3.63, 3.8) is 0 Å². The van der Waals surface area contributed by atoms with E-state index in [9.17, 15) is 0 Å². The van der Waals surface area contributed by atoms with Gasteiger partial charge in [-0.3, -0.25) is 0 Å². The molecule has 15 rings (SSSR count). The number of thiophene rings is 1. The average molecular weight is 828 g/mol. The number of benzene rings is 10. The van der Waals surface area contributed by atoms with E-state index in [4.69, 9.17) is 0 Å². The normalized spacial score (nSPS) is 14.5. The molecular formula is C62H37NS. The lowest BCUT2D eigenvalue weighted by molar-refractivity contribution is 0.792. The van der Waals surface area contributed by atoms with E-state index in [0.29, 0.717) is 0 Å². The average Bonchev–Trinajstić information content (AvgIpc) is 4.12. The van der Waals surface area contributed by atoms with E-state index in [1.54, 1.807) is 0 Å². The van der Waals surface area contributed by atoms with Crippen LogP contribution in [0.15, 0.2) is 224 Å². The molecule has 0 bridgehead atoms. The van der Waals surface area contributed by atoms with Gasteiger partial charge in [0.2, 0.25) is 0 Å². The number of anilines is 3. The fraction of sp³-hybridized carbons (Fsp3) is 0.0323. The number of fused-ring (bicyclic) bond motifs is 23. The summed E-state index contributed by atoms with van der Waals surface area (Å²) >= 11 is 1.88. The number of nitrogens with zero attached hydrogens (tertiary/aromatic N) is 1. The van der Waals surface area contributed by atoms with Crippen LogP contribution < -0.4 is 4.90 Å². The molecule has 0 radical (unpaired) electrons. The molecule has 2 spiro atoms. The van der Waals surface area contributed by atoms with Crippen molar-refractivity contribution < 1.29 is 0 Å². The minimum Gasteiger partial charge on any atom is -0.310 e. The van der Waals surface area contributed by atoms with Crippen molar-refractivity contribution in [1.82, 2.24) is 0 Å². The summed E-state index contributed by atoms with van der Waals surface area (Å²) < 4.78 is 2.60. The summed E-state index contributed by atoms with van der Waals surface area (Å²) in [6.07, 6.45) is 0. The van der Waals surface area contributed by atoms with E-state index in [1.165, 1.54) is 109 Å². The van der Waals surface area contributed by atoms with Crippen molar-refractivity contribution >= 4 is 48.6 Å². The molecule has 4 aliphatic carbocycles. The summed E-state index contributed by atoms with van der Waals surface area (Å²) in [7, 11) is 0. The van der Waals surface area contributed by atoms with E-state index < -0.39 is 10.8 Å². The Hall–Kier alpha value is -7.78. The molecule has 0 fully saturated rings. The lowest BCUT2D eigenvalue weighted by Gasteiger charge is -2.33. The zero-order valence-electron chi connectivity index (χ0n) is 34.7. The zero-order valence-corrected chi connectivity index (χ0v) is 35.5. The first-order valence-electron chi connectivity index (χ1n) is 22.3. The van der Waals surface area contributed by atoms with E-state index in [1.807, 2.05) is 11.3 Å². The van der Waals surface area contributed by atoms with Crippen LogP contribution in [0.1, 0.15) is 44.5 Å². The van der Waals surface area contributed by atoms with Gasteiger partial charge in [0.05, 0.1) is 10.8 Å². The second kappa shape index (κ2) is 12.4. The Morgan fingerprint density at radius 2 is 0.562 bits per heavy atom. The molecule has 10 aromatic carbocycles. The molecule has 296 valence electrons. The first-order valence-corrected chi connectivity index (χ1v) is 23.2. The van der Waals surface area contributed by atoms with Crippen molar-refractivity contribution in [2.75, 3.05) is 4.90 Å². The van der Waals surface area contributed by atoms with Gasteiger partial charge in [-0.15, -0.1) is 11.3 Å². The highest BCUT2D eigenvalue weighted by molar-refractivity contribution is 7.25. The van der Waals surface area contributed by atoms with Gasteiger partial charge in [0.15, 0.2) is 0 Å². The second-order valence-corrected chi connectivity index (χ2v) is 18.9. The monoisotopic (exact) mass is 827 g/mol. The van der Waals surface area contributed by atoms with Gasteiger partial charge in [0.25, 0.3) is 0 Å². The third-order valence-electron chi connectivity index (χ3n) is 15.1. The summed E-state index contributed by atoms with van der Waals surface area (Å²) in [6, 6.07) is 85.2. The Morgan fingerprint density at radius 3 is 0.984 bits per heavy atom. The largest absolute Gasteiger partial charge is 0.310 e. The van der Waals surface area contributed by atoms with Gasteiger partial charge in [-0.1, -0.05) is 182 Å². The second-order valence-electron chi connectivity index (χ2n) is 17.8. The number of hydrogen-bond acceptors (Lipinski definition) is 2. The predicted octanol–water partition coefficient (Wildman–Crippen LogP) is 16.2. The van der Waals surface area contributed by atoms with Gasteiger partial charge in [-0.25, -0.2) is 0 Å². The van der Waals surface area contributed by atoms with Gasteiger partial charge in [0, 0.05) is 37.2 Å². The maximum atomic E-state index is 2.54. The van der Waals surface area contributed by atoms with Gasteiger partial charge in [-0.2, -0.15) is 0 Å². The highest BCUT2D eigenvalue weighted by Crippen LogP contribution is 2.65. The van der Waals surface area contributed by atoms with Crippen LogP contribution in [-0.4, -0.2) is 0 Å². The minimum atomic E-state index is -0.447. The van der Waals surface area contributed by atoms with Crippen LogP contribution in [0, 0.1) is 0 Å². The van der Waals surface area contributed by atoms with E-state index >= 15 is 0 Å². The van der Waals surface area contributed by atoms with Crippen molar-refractivity contribution in [2.24, 2.45) is 0 Å². The standard InChI is InChI=1S/C62H37NS/c1-8-22-51-41(15-1)42-16-2-9-23-52(42)61(51)55-26-12-5-19-45(55)47-32-29-38(35-57(47)61)63(40-31-34-50-49-21-7-14-28-59(49)64-60(50)37-40)39-30-33-48-46-20-6-13-27-56(46)62(58(48)36-39)53-24-10-3-17-43(53)44-18-4-11-25-54(44)62/h1-37H. The SMILES string of the molecule is c1ccc2c(c1)-c1ccccc1C21c2ccccc2-c2ccc(N(c3ccc4c(c3)C3(c5ccccc5-c5ccccc53)c3ccccc3-4)c3ccc4c(c3)sc3ccccc34)cc21. The smallest absolute Gasteiger partial charge is 0.0726 e. The van der Waals surface area contributed by atoms with Gasteiger partial charge in [0.1, 0.15) is 0 Å². The molecule has 2 heteroatoms. The first kappa shape index (κ1) is 34.8. The van der Waals surface area contributed by atoms with E-state index in [0.717, 1.165) is 17.1 Å². The van der Waals surface area contributed by atoms with Crippen molar-refractivity contribution in [2.45, 2.75) is 10.8 Å². The third-order valence-corrected chi connectivity index (χ3v) is 16.2. The lowest BCUT2D eigenvalue weighted by Crippen LogP contribution is -2.26. The first-order chi connectivity index (χ1) is 31.7. The van der Waals surface area contributed by atoms with Gasteiger partial charge in [-0.05, 0) is 131 Å². The summed E-state index contributed by atoms with van der Waals surface area (Å²) in [5.41, 5.74) is 23.8.